The minimum atomic E-state index is -1.28. The highest BCUT2D eigenvalue weighted by molar-refractivity contribution is 6.08. The number of halogens is 1. The van der Waals surface area contributed by atoms with Crippen LogP contribution in [0.3, 0.4) is 0 Å². The van der Waals surface area contributed by atoms with Crippen LogP contribution >= 0.6 is 0 Å². The van der Waals surface area contributed by atoms with Gasteiger partial charge in [-0.3, -0.25) is 9.69 Å². The van der Waals surface area contributed by atoms with Crippen LogP contribution in [0.25, 0.3) is 0 Å². The fourth-order valence-electron chi connectivity index (χ4n) is 3.42. The number of ether oxygens (including phenoxy) is 1. The van der Waals surface area contributed by atoms with Crippen LogP contribution in [0.2, 0.25) is 0 Å². The van der Waals surface area contributed by atoms with Crippen LogP contribution in [0, 0.1) is 5.82 Å². The zero-order valence-corrected chi connectivity index (χ0v) is 14.4. The monoisotopic (exact) mass is 335 g/mol. The number of carbonyl (C=O) groups excluding carboxylic acids is 2. The van der Waals surface area contributed by atoms with Crippen molar-refractivity contribution < 1.29 is 18.7 Å². The van der Waals surface area contributed by atoms with Gasteiger partial charge in [0.1, 0.15) is 17.2 Å². The lowest BCUT2D eigenvalue weighted by atomic mass is 9.77. The summed E-state index contributed by atoms with van der Waals surface area (Å²) >= 11 is 0. The number of hydrogen-bond acceptors (Lipinski definition) is 4. The average Bonchev–Trinajstić information content (AvgIpc) is 2.68. The summed E-state index contributed by atoms with van der Waals surface area (Å²) < 4.78 is 19.7. The molecule has 2 aliphatic heterocycles. The number of carbonyl (C=O) groups is 2. The van der Waals surface area contributed by atoms with E-state index in [1.807, 2.05) is 32.8 Å². The van der Waals surface area contributed by atoms with Gasteiger partial charge in [-0.15, -0.1) is 0 Å². The molecule has 0 aromatic heterocycles. The first kappa shape index (κ1) is 16.7. The number of rotatable bonds is 3. The largest absolute Gasteiger partial charge is 0.487 e. The number of amides is 3. The molecular formula is C17H22FN3O3. The maximum Gasteiger partial charge on any atom is 0.325 e. The molecule has 7 heteroatoms. The third kappa shape index (κ3) is 2.62. The molecular weight excluding hydrogens is 313 g/mol. The highest BCUT2D eigenvalue weighted by Crippen LogP contribution is 2.46. The summed E-state index contributed by atoms with van der Waals surface area (Å²) in [6.07, 6.45) is 0.249. The number of fused-ring (bicyclic) bond motifs is 2. The van der Waals surface area contributed by atoms with Gasteiger partial charge in [-0.05, 0) is 46.1 Å². The Morgan fingerprint density at radius 1 is 1.33 bits per heavy atom. The van der Waals surface area contributed by atoms with E-state index in [-0.39, 0.29) is 18.9 Å². The first-order valence-corrected chi connectivity index (χ1v) is 7.92. The van der Waals surface area contributed by atoms with Crippen molar-refractivity contribution in [3.8, 4) is 5.75 Å². The Morgan fingerprint density at radius 2 is 2.04 bits per heavy atom. The second-order valence-electron chi connectivity index (χ2n) is 7.27. The summed E-state index contributed by atoms with van der Waals surface area (Å²) in [4.78, 5) is 28.6. The summed E-state index contributed by atoms with van der Waals surface area (Å²) in [5, 5.41) is 2.80. The van der Waals surface area contributed by atoms with Gasteiger partial charge in [0.05, 0.1) is 0 Å². The molecule has 1 N–H and O–H groups in total. The molecule has 0 bridgehead atoms. The molecule has 1 saturated heterocycles. The van der Waals surface area contributed by atoms with E-state index in [4.69, 9.17) is 4.74 Å². The molecule has 1 atom stereocenters. The lowest BCUT2D eigenvalue weighted by Gasteiger charge is -2.42. The molecule has 130 valence electrons. The van der Waals surface area contributed by atoms with Crippen LogP contribution in [0.15, 0.2) is 18.2 Å². The summed E-state index contributed by atoms with van der Waals surface area (Å²) in [5.74, 6) is -0.390. The molecule has 24 heavy (non-hydrogen) atoms. The van der Waals surface area contributed by atoms with Gasteiger partial charge in [-0.25, -0.2) is 9.18 Å². The predicted molar refractivity (Wildman–Crippen MR) is 86.2 cm³/mol. The van der Waals surface area contributed by atoms with Crippen LogP contribution in [0.5, 0.6) is 5.75 Å². The molecule has 0 aliphatic carbocycles. The van der Waals surface area contributed by atoms with Gasteiger partial charge in [0.15, 0.2) is 5.54 Å². The van der Waals surface area contributed by atoms with Crippen LogP contribution in [-0.4, -0.2) is 54.5 Å². The van der Waals surface area contributed by atoms with Gasteiger partial charge in [-0.1, -0.05) is 0 Å². The third-order valence-electron chi connectivity index (χ3n) is 4.43. The molecule has 0 radical (unpaired) electrons. The predicted octanol–water partition coefficient (Wildman–Crippen LogP) is 1.70. The smallest absolute Gasteiger partial charge is 0.325 e. The molecule has 1 unspecified atom stereocenters. The van der Waals surface area contributed by atoms with Crippen LogP contribution in [0.4, 0.5) is 9.18 Å². The van der Waals surface area contributed by atoms with E-state index in [9.17, 15) is 14.0 Å². The van der Waals surface area contributed by atoms with E-state index in [0.29, 0.717) is 17.9 Å². The molecule has 1 aromatic rings. The number of nitrogens with zero attached hydrogens (tertiary/aromatic N) is 2. The molecule has 0 saturated carbocycles. The minimum Gasteiger partial charge on any atom is -0.487 e. The standard InChI is InChI=1S/C17H22FN3O3/c1-16(2)10-17(12-9-11(18)5-6-13(12)24-16)14(22)21(15(23)19-17)8-7-20(3)4/h5-6,9H,7-8,10H2,1-4H3,(H,19,23). The van der Waals surface area contributed by atoms with E-state index in [2.05, 4.69) is 5.32 Å². The Kier molecular flexibility index (Phi) is 3.79. The lowest BCUT2D eigenvalue weighted by molar-refractivity contribution is -0.134. The second-order valence-corrected chi connectivity index (χ2v) is 7.27. The van der Waals surface area contributed by atoms with Crippen molar-refractivity contribution in [2.75, 3.05) is 27.2 Å². The Labute approximate surface area is 140 Å². The van der Waals surface area contributed by atoms with Crippen molar-refractivity contribution in [1.82, 2.24) is 15.1 Å². The van der Waals surface area contributed by atoms with Gasteiger partial charge in [0, 0.05) is 25.1 Å². The molecule has 1 spiro atoms. The van der Waals surface area contributed by atoms with Gasteiger partial charge in [0.2, 0.25) is 0 Å². The van der Waals surface area contributed by atoms with Crippen molar-refractivity contribution in [3.63, 3.8) is 0 Å². The Hall–Kier alpha value is -2.15. The van der Waals surface area contributed by atoms with Gasteiger partial charge in [0.25, 0.3) is 5.91 Å². The maximum absolute atomic E-state index is 13.8. The Bertz CT molecular complexity index is 704. The summed E-state index contributed by atoms with van der Waals surface area (Å²) in [6.45, 7) is 4.54. The normalized spacial score (nSPS) is 25.0. The topological polar surface area (TPSA) is 61.9 Å². The molecule has 1 aromatic carbocycles. The lowest BCUT2D eigenvalue weighted by Crippen LogP contribution is -2.54. The SMILES string of the molecule is CN(C)CCN1C(=O)NC2(CC(C)(C)Oc3ccc(F)cc32)C1=O. The summed E-state index contributed by atoms with van der Waals surface area (Å²) in [6, 6.07) is 3.63. The van der Waals surface area contributed by atoms with E-state index in [1.165, 1.54) is 23.1 Å². The van der Waals surface area contributed by atoms with E-state index < -0.39 is 23.0 Å². The number of urea groups is 1. The summed E-state index contributed by atoms with van der Waals surface area (Å²) in [5.41, 5.74) is -1.55. The second kappa shape index (κ2) is 5.44. The van der Waals surface area contributed by atoms with Gasteiger partial charge in [-0.2, -0.15) is 0 Å². The van der Waals surface area contributed by atoms with Crippen molar-refractivity contribution in [2.45, 2.75) is 31.4 Å². The first-order valence-electron chi connectivity index (χ1n) is 7.92. The van der Waals surface area contributed by atoms with Crippen molar-refractivity contribution in [1.29, 1.82) is 0 Å². The van der Waals surface area contributed by atoms with Crippen molar-refractivity contribution in [3.05, 3.63) is 29.6 Å². The Morgan fingerprint density at radius 3 is 2.71 bits per heavy atom. The van der Waals surface area contributed by atoms with E-state index in [0.717, 1.165) is 0 Å². The number of imide groups is 1. The Balaban J connectivity index is 2.05. The van der Waals surface area contributed by atoms with E-state index in [1.54, 1.807) is 0 Å². The van der Waals surface area contributed by atoms with Gasteiger partial charge < -0.3 is 15.0 Å². The maximum atomic E-state index is 13.8. The highest BCUT2D eigenvalue weighted by Gasteiger charge is 2.58. The number of nitrogens with one attached hydrogen (secondary N) is 1. The highest BCUT2D eigenvalue weighted by atomic mass is 19.1. The third-order valence-corrected chi connectivity index (χ3v) is 4.43. The van der Waals surface area contributed by atoms with Crippen molar-refractivity contribution >= 4 is 11.9 Å². The fraction of sp³-hybridized carbons (Fsp3) is 0.529. The van der Waals surface area contributed by atoms with Gasteiger partial charge >= 0.3 is 6.03 Å². The number of likely N-dealkylation sites (N-methyl/N-ethyl adjacent to an activating group) is 1. The first-order chi connectivity index (χ1) is 11.1. The molecule has 2 aliphatic rings. The fourth-order valence-corrected chi connectivity index (χ4v) is 3.42. The van der Waals surface area contributed by atoms with Crippen LogP contribution < -0.4 is 10.1 Å². The average molecular weight is 335 g/mol. The molecule has 1 fully saturated rings. The van der Waals surface area contributed by atoms with E-state index >= 15 is 0 Å². The van der Waals surface area contributed by atoms with Crippen molar-refractivity contribution in [2.24, 2.45) is 0 Å². The minimum absolute atomic E-state index is 0.249. The zero-order chi connectivity index (χ0) is 17.7. The molecule has 3 rings (SSSR count). The molecule has 2 heterocycles. The summed E-state index contributed by atoms with van der Waals surface area (Å²) in [7, 11) is 3.74. The van der Waals surface area contributed by atoms with Crippen LogP contribution in [0.1, 0.15) is 25.8 Å². The number of benzene rings is 1. The number of hydrogen-bond donors (Lipinski definition) is 1. The van der Waals surface area contributed by atoms with Crippen LogP contribution in [-0.2, 0) is 10.3 Å². The quantitative estimate of drug-likeness (QED) is 0.854. The zero-order valence-electron chi connectivity index (χ0n) is 14.4. The molecule has 3 amide bonds. The molecule has 6 nitrogen and oxygen atoms in total.